The number of rotatable bonds is 4. The topological polar surface area (TPSA) is 75.2 Å². The fraction of sp³-hybridized carbons (Fsp3) is 0.389. The van der Waals surface area contributed by atoms with E-state index in [2.05, 4.69) is 21.2 Å². The zero-order chi connectivity index (χ0) is 16.6. The van der Waals surface area contributed by atoms with Crippen LogP contribution in [-0.2, 0) is 17.7 Å². The number of ether oxygens (including phenoxy) is 2. The summed E-state index contributed by atoms with van der Waals surface area (Å²) in [4.78, 5) is 8.62. The lowest BCUT2D eigenvalue weighted by molar-refractivity contribution is 0.0178. The van der Waals surface area contributed by atoms with Crippen molar-refractivity contribution in [2.45, 2.75) is 38.0 Å². The van der Waals surface area contributed by atoms with Crippen LogP contribution in [0.15, 0.2) is 41.4 Å². The summed E-state index contributed by atoms with van der Waals surface area (Å²) in [7, 11) is 0. The van der Waals surface area contributed by atoms with E-state index in [0.29, 0.717) is 11.7 Å². The molecule has 0 unspecified atom stereocenters. The van der Waals surface area contributed by atoms with E-state index in [1.807, 2.05) is 22.9 Å². The average Bonchev–Trinajstić information content (AvgIpc) is 3.41. The van der Waals surface area contributed by atoms with Crippen LogP contribution in [0.3, 0.4) is 0 Å². The largest absolute Gasteiger partial charge is 0.493 e. The van der Waals surface area contributed by atoms with Crippen LogP contribution in [0.4, 0.5) is 0 Å². The van der Waals surface area contributed by atoms with E-state index in [1.165, 1.54) is 5.56 Å². The van der Waals surface area contributed by atoms with Crippen LogP contribution in [0, 0.1) is 0 Å². The molecule has 3 aromatic rings. The normalized spacial score (nSPS) is 22.1. The second-order valence-corrected chi connectivity index (χ2v) is 6.46. The molecule has 5 rings (SSSR count). The molecule has 1 aromatic carbocycles. The first-order valence-corrected chi connectivity index (χ1v) is 8.56. The van der Waals surface area contributed by atoms with Gasteiger partial charge >= 0.3 is 0 Å². The van der Waals surface area contributed by atoms with Crippen LogP contribution < -0.4 is 4.74 Å². The maximum atomic E-state index is 6.08. The lowest BCUT2D eigenvalue weighted by Crippen LogP contribution is -2.14. The first kappa shape index (κ1) is 14.7. The van der Waals surface area contributed by atoms with E-state index in [1.54, 1.807) is 12.5 Å². The first-order chi connectivity index (χ1) is 12.3. The maximum Gasteiger partial charge on any atom is 0.256 e. The summed E-state index contributed by atoms with van der Waals surface area (Å²) in [6.07, 6.45) is 8.32. The smallest absolute Gasteiger partial charge is 0.256 e. The lowest BCUT2D eigenvalue weighted by atomic mass is 10.1. The van der Waals surface area contributed by atoms with Crippen LogP contribution in [0.25, 0.3) is 11.4 Å². The third-order valence-corrected chi connectivity index (χ3v) is 4.75. The van der Waals surface area contributed by atoms with Crippen LogP contribution in [-0.4, -0.2) is 32.4 Å². The van der Waals surface area contributed by atoms with E-state index in [0.717, 1.165) is 43.7 Å². The van der Waals surface area contributed by atoms with E-state index in [-0.39, 0.29) is 12.2 Å². The van der Waals surface area contributed by atoms with Crippen molar-refractivity contribution in [3.8, 4) is 17.1 Å². The van der Waals surface area contributed by atoms with Crippen molar-refractivity contribution >= 4 is 0 Å². The number of aromatic nitrogens is 4. The molecular weight excluding hydrogens is 320 g/mol. The van der Waals surface area contributed by atoms with Crippen LogP contribution in [0.5, 0.6) is 5.75 Å². The summed E-state index contributed by atoms with van der Waals surface area (Å²) in [6, 6.07) is 6.02. The van der Waals surface area contributed by atoms with Gasteiger partial charge in [-0.1, -0.05) is 5.16 Å². The van der Waals surface area contributed by atoms with Crippen molar-refractivity contribution in [3.63, 3.8) is 0 Å². The fourth-order valence-corrected chi connectivity index (χ4v) is 3.46. The van der Waals surface area contributed by atoms with E-state index >= 15 is 0 Å². The Balaban J connectivity index is 1.30. The zero-order valence-electron chi connectivity index (χ0n) is 13.7. The van der Waals surface area contributed by atoms with Crippen molar-refractivity contribution in [2.75, 3.05) is 6.61 Å². The third-order valence-electron chi connectivity index (χ3n) is 4.75. The van der Waals surface area contributed by atoms with Gasteiger partial charge in [-0.15, -0.1) is 0 Å². The summed E-state index contributed by atoms with van der Waals surface area (Å²) >= 11 is 0. The Hall–Kier alpha value is -2.67. The molecule has 0 radical (unpaired) electrons. The van der Waals surface area contributed by atoms with Gasteiger partial charge in [0.1, 0.15) is 11.9 Å². The SMILES string of the molecule is c1cn(C[C@@H]2CC[C@H](c3nc(-c4ccc5c(c4)CCO5)no3)O2)cn1. The molecule has 2 aliphatic rings. The highest BCUT2D eigenvalue weighted by atomic mass is 16.5. The number of hydrogen-bond donors (Lipinski definition) is 0. The van der Waals surface area contributed by atoms with Gasteiger partial charge in [0.25, 0.3) is 5.89 Å². The van der Waals surface area contributed by atoms with Crippen LogP contribution >= 0.6 is 0 Å². The summed E-state index contributed by atoms with van der Waals surface area (Å²) in [5.41, 5.74) is 2.15. The van der Waals surface area contributed by atoms with E-state index in [4.69, 9.17) is 14.0 Å². The minimum Gasteiger partial charge on any atom is -0.493 e. The quantitative estimate of drug-likeness (QED) is 0.728. The Morgan fingerprint density at radius 1 is 1.24 bits per heavy atom. The van der Waals surface area contributed by atoms with Gasteiger partial charge in [0.15, 0.2) is 0 Å². The molecule has 7 heteroatoms. The molecule has 0 aliphatic carbocycles. The molecule has 128 valence electrons. The third kappa shape index (κ3) is 2.80. The number of fused-ring (bicyclic) bond motifs is 1. The molecule has 0 saturated carbocycles. The standard InChI is InChI=1S/C18H18N4O3/c1-3-15-12(5-8-23-15)9-13(1)17-20-18(25-21-17)16-4-2-14(24-16)10-22-7-6-19-11-22/h1,3,6-7,9,11,14,16H,2,4-5,8,10H2/t14-,16+/m0/s1. The molecule has 2 atom stereocenters. The van der Waals surface area contributed by atoms with Gasteiger partial charge in [-0.05, 0) is 36.6 Å². The number of hydrogen-bond acceptors (Lipinski definition) is 6. The van der Waals surface area contributed by atoms with Gasteiger partial charge in [0.05, 0.1) is 19.0 Å². The van der Waals surface area contributed by atoms with Gasteiger partial charge in [-0.3, -0.25) is 0 Å². The lowest BCUT2D eigenvalue weighted by Gasteiger charge is -2.11. The average molecular weight is 338 g/mol. The predicted molar refractivity (Wildman–Crippen MR) is 88.0 cm³/mol. The highest BCUT2D eigenvalue weighted by molar-refractivity contribution is 5.59. The second kappa shape index (κ2) is 6.00. The van der Waals surface area contributed by atoms with Crippen LogP contribution in [0.2, 0.25) is 0 Å². The van der Waals surface area contributed by atoms with E-state index in [9.17, 15) is 0 Å². The minimum atomic E-state index is -0.132. The summed E-state index contributed by atoms with van der Waals surface area (Å²) in [6.45, 7) is 1.53. The predicted octanol–water partition coefficient (Wildman–Crippen LogP) is 2.79. The molecule has 1 saturated heterocycles. The summed E-state index contributed by atoms with van der Waals surface area (Å²) in [5, 5.41) is 4.14. The molecule has 2 aliphatic heterocycles. The van der Waals surface area contributed by atoms with Crippen LogP contribution in [0.1, 0.15) is 30.4 Å². The van der Waals surface area contributed by atoms with Crippen molar-refractivity contribution in [1.82, 2.24) is 19.7 Å². The molecule has 0 amide bonds. The molecule has 0 bridgehead atoms. The number of benzene rings is 1. The summed E-state index contributed by atoms with van der Waals surface area (Å²) < 4.78 is 19.1. The fourth-order valence-electron chi connectivity index (χ4n) is 3.46. The molecule has 25 heavy (non-hydrogen) atoms. The monoisotopic (exact) mass is 338 g/mol. The molecule has 1 fully saturated rings. The van der Waals surface area contributed by atoms with Gasteiger partial charge in [-0.2, -0.15) is 4.98 Å². The summed E-state index contributed by atoms with van der Waals surface area (Å²) in [5.74, 6) is 2.11. The maximum absolute atomic E-state index is 6.08. The molecule has 2 aromatic heterocycles. The highest BCUT2D eigenvalue weighted by Gasteiger charge is 2.31. The van der Waals surface area contributed by atoms with Crippen molar-refractivity contribution in [1.29, 1.82) is 0 Å². The number of imidazole rings is 1. The van der Waals surface area contributed by atoms with Gasteiger partial charge in [0.2, 0.25) is 5.82 Å². The molecule has 0 N–H and O–H groups in total. The van der Waals surface area contributed by atoms with Crippen molar-refractivity contribution in [3.05, 3.63) is 48.4 Å². The van der Waals surface area contributed by atoms with Gasteiger partial charge in [0, 0.05) is 30.9 Å². The zero-order valence-corrected chi connectivity index (χ0v) is 13.7. The van der Waals surface area contributed by atoms with E-state index < -0.39 is 0 Å². The number of nitrogens with zero attached hydrogens (tertiary/aromatic N) is 4. The Labute approximate surface area is 144 Å². The minimum absolute atomic E-state index is 0.132. The van der Waals surface area contributed by atoms with Gasteiger partial charge in [-0.25, -0.2) is 4.98 Å². The second-order valence-electron chi connectivity index (χ2n) is 6.46. The molecule has 7 nitrogen and oxygen atoms in total. The first-order valence-electron chi connectivity index (χ1n) is 8.56. The Morgan fingerprint density at radius 3 is 3.16 bits per heavy atom. The molecular formula is C18H18N4O3. The molecule has 4 heterocycles. The van der Waals surface area contributed by atoms with Crippen molar-refractivity contribution in [2.24, 2.45) is 0 Å². The van der Waals surface area contributed by atoms with Gasteiger partial charge < -0.3 is 18.6 Å². The Morgan fingerprint density at radius 2 is 2.24 bits per heavy atom. The Bertz CT molecular complexity index is 874. The van der Waals surface area contributed by atoms with Crippen molar-refractivity contribution < 1.29 is 14.0 Å². The molecule has 0 spiro atoms. The Kier molecular flexibility index (Phi) is 3.52. The highest BCUT2D eigenvalue weighted by Crippen LogP contribution is 2.34.